The van der Waals surface area contributed by atoms with Crippen molar-refractivity contribution < 1.29 is 14.3 Å². The van der Waals surface area contributed by atoms with Gasteiger partial charge < -0.3 is 14.6 Å². The lowest BCUT2D eigenvalue weighted by Crippen LogP contribution is -2.45. The molecule has 0 aliphatic carbocycles. The number of likely N-dealkylation sites (N-methyl/N-ethyl adjacent to an activating group) is 1. The van der Waals surface area contributed by atoms with Gasteiger partial charge in [0.2, 0.25) is 0 Å². The topological polar surface area (TPSA) is 78.5 Å². The van der Waals surface area contributed by atoms with E-state index in [-0.39, 0.29) is 12.6 Å². The average Bonchev–Trinajstić information content (AvgIpc) is 2.90. The molecule has 0 bridgehead atoms. The largest absolute Gasteiger partial charge is 0.443 e. The Balaban J connectivity index is 1.76. The van der Waals surface area contributed by atoms with Crippen LogP contribution in [0.5, 0.6) is 0 Å². The fourth-order valence-electron chi connectivity index (χ4n) is 1.68. The van der Waals surface area contributed by atoms with Crippen molar-refractivity contribution >= 4 is 11.8 Å². The first-order chi connectivity index (χ1) is 8.66. The van der Waals surface area contributed by atoms with E-state index in [1.165, 1.54) is 12.4 Å². The van der Waals surface area contributed by atoms with Crippen molar-refractivity contribution in [3.05, 3.63) is 18.2 Å². The SMILES string of the molecule is CN1CCN(COC(=O)C(=O)c2ncc[nH]2)CC1. The van der Waals surface area contributed by atoms with Crippen LogP contribution in [0.2, 0.25) is 0 Å². The van der Waals surface area contributed by atoms with Gasteiger partial charge in [-0.15, -0.1) is 0 Å². The van der Waals surface area contributed by atoms with E-state index >= 15 is 0 Å². The van der Waals surface area contributed by atoms with Crippen LogP contribution >= 0.6 is 0 Å². The molecule has 2 rings (SSSR count). The van der Waals surface area contributed by atoms with Crippen LogP contribution in [0.3, 0.4) is 0 Å². The van der Waals surface area contributed by atoms with Gasteiger partial charge in [0, 0.05) is 38.6 Å². The molecule has 1 aromatic rings. The number of nitrogens with one attached hydrogen (secondary N) is 1. The van der Waals surface area contributed by atoms with Gasteiger partial charge in [-0.25, -0.2) is 9.78 Å². The third-order valence-electron chi connectivity index (χ3n) is 2.87. The third kappa shape index (κ3) is 3.14. The van der Waals surface area contributed by atoms with Crippen molar-refractivity contribution in [2.24, 2.45) is 0 Å². The zero-order valence-electron chi connectivity index (χ0n) is 10.3. The van der Waals surface area contributed by atoms with E-state index in [9.17, 15) is 9.59 Å². The van der Waals surface area contributed by atoms with Gasteiger partial charge in [-0.2, -0.15) is 0 Å². The first-order valence-corrected chi connectivity index (χ1v) is 5.78. The summed E-state index contributed by atoms with van der Waals surface area (Å²) >= 11 is 0. The van der Waals surface area contributed by atoms with Gasteiger partial charge in [-0.05, 0) is 7.05 Å². The summed E-state index contributed by atoms with van der Waals surface area (Å²) in [6.07, 6.45) is 2.90. The Morgan fingerprint density at radius 2 is 2.11 bits per heavy atom. The van der Waals surface area contributed by atoms with Crippen LogP contribution in [0.25, 0.3) is 0 Å². The number of piperazine rings is 1. The molecule has 2 heterocycles. The Kier molecular flexibility index (Phi) is 4.06. The lowest BCUT2D eigenvalue weighted by atomic mass is 10.3. The standard InChI is InChI=1S/C11H16N4O3/c1-14-4-6-15(7-5-14)8-18-11(17)9(16)10-12-2-3-13-10/h2-3H,4-8H2,1H3,(H,12,13). The van der Waals surface area contributed by atoms with Crippen LogP contribution in [0, 0.1) is 0 Å². The maximum Gasteiger partial charge on any atom is 0.384 e. The number of H-pyrrole nitrogens is 1. The number of aromatic amines is 1. The molecule has 1 aliphatic rings. The first-order valence-electron chi connectivity index (χ1n) is 5.78. The number of rotatable bonds is 4. The Labute approximate surface area is 105 Å². The molecule has 98 valence electrons. The number of hydrogen-bond donors (Lipinski definition) is 1. The molecular weight excluding hydrogens is 236 g/mol. The van der Waals surface area contributed by atoms with Crippen molar-refractivity contribution in [3.8, 4) is 0 Å². The minimum atomic E-state index is -0.871. The summed E-state index contributed by atoms with van der Waals surface area (Å²) in [5.74, 6) is -1.60. The summed E-state index contributed by atoms with van der Waals surface area (Å²) < 4.78 is 4.96. The first kappa shape index (κ1) is 12.7. The van der Waals surface area contributed by atoms with Crippen molar-refractivity contribution in [1.82, 2.24) is 19.8 Å². The molecule has 0 saturated carbocycles. The number of carbonyl (C=O) groups is 2. The summed E-state index contributed by atoms with van der Waals surface area (Å²) in [5.41, 5.74) is 0. The second-order valence-corrected chi connectivity index (χ2v) is 4.25. The normalized spacial score (nSPS) is 17.6. The van der Waals surface area contributed by atoms with Gasteiger partial charge in [0.05, 0.1) is 0 Å². The smallest absolute Gasteiger partial charge is 0.384 e. The van der Waals surface area contributed by atoms with E-state index in [1.54, 1.807) is 0 Å². The highest BCUT2D eigenvalue weighted by Crippen LogP contribution is 2.00. The molecule has 1 aliphatic heterocycles. The zero-order valence-corrected chi connectivity index (χ0v) is 10.3. The number of esters is 1. The molecule has 0 spiro atoms. The molecule has 1 fully saturated rings. The van der Waals surface area contributed by atoms with Gasteiger partial charge in [-0.3, -0.25) is 9.69 Å². The molecule has 0 atom stereocenters. The zero-order chi connectivity index (χ0) is 13.0. The van der Waals surface area contributed by atoms with Crippen LogP contribution in [0.15, 0.2) is 12.4 Å². The summed E-state index contributed by atoms with van der Waals surface area (Å²) in [5, 5.41) is 0. The molecule has 0 amide bonds. The third-order valence-corrected chi connectivity index (χ3v) is 2.87. The molecule has 0 unspecified atom stereocenters. The molecule has 1 N–H and O–H groups in total. The van der Waals surface area contributed by atoms with E-state index in [0.717, 1.165) is 26.2 Å². The monoisotopic (exact) mass is 252 g/mol. The molecular formula is C11H16N4O3. The Bertz CT molecular complexity index is 410. The lowest BCUT2D eigenvalue weighted by molar-refractivity contribution is -0.143. The minimum Gasteiger partial charge on any atom is -0.443 e. The number of nitrogens with zero attached hydrogens (tertiary/aromatic N) is 3. The highest BCUT2D eigenvalue weighted by atomic mass is 16.5. The Morgan fingerprint density at radius 3 is 2.72 bits per heavy atom. The van der Waals surface area contributed by atoms with Crippen LogP contribution in [0.4, 0.5) is 0 Å². The highest BCUT2D eigenvalue weighted by molar-refractivity contribution is 6.39. The van der Waals surface area contributed by atoms with Crippen LogP contribution < -0.4 is 0 Å². The molecule has 0 aromatic carbocycles. The van der Waals surface area contributed by atoms with Crippen molar-refractivity contribution in [2.45, 2.75) is 0 Å². The number of ketones is 1. The van der Waals surface area contributed by atoms with Gasteiger partial charge in [0.1, 0.15) is 6.73 Å². The number of ether oxygens (including phenoxy) is 1. The fourth-order valence-corrected chi connectivity index (χ4v) is 1.68. The number of carbonyl (C=O) groups excluding carboxylic acids is 2. The van der Waals surface area contributed by atoms with Gasteiger partial charge in [0.15, 0.2) is 5.82 Å². The predicted octanol–water partition coefficient (Wildman–Crippen LogP) is -0.659. The van der Waals surface area contributed by atoms with E-state index < -0.39 is 11.8 Å². The maximum atomic E-state index is 11.5. The predicted molar refractivity (Wildman–Crippen MR) is 62.9 cm³/mol. The molecule has 1 saturated heterocycles. The molecule has 7 heteroatoms. The van der Waals surface area contributed by atoms with Crippen LogP contribution in [0.1, 0.15) is 10.6 Å². The van der Waals surface area contributed by atoms with Gasteiger partial charge >= 0.3 is 11.8 Å². The summed E-state index contributed by atoms with van der Waals surface area (Å²) in [7, 11) is 2.05. The Morgan fingerprint density at radius 1 is 1.39 bits per heavy atom. The van der Waals surface area contributed by atoms with Crippen LogP contribution in [-0.2, 0) is 9.53 Å². The highest BCUT2D eigenvalue weighted by Gasteiger charge is 2.22. The molecule has 1 aromatic heterocycles. The van der Waals surface area contributed by atoms with E-state index in [1.807, 2.05) is 11.9 Å². The second kappa shape index (κ2) is 5.74. The number of imidazole rings is 1. The van der Waals surface area contributed by atoms with E-state index in [4.69, 9.17) is 4.74 Å². The number of hydrogen-bond acceptors (Lipinski definition) is 6. The van der Waals surface area contributed by atoms with Crippen molar-refractivity contribution in [2.75, 3.05) is 40.0 Å². The molecule has 18 heavy (non-hydrogen) atoms. The van der Waals surface area contributed by atoms with Gasteiger partial charge in [-0.1, -0.05) is 0 Å². The van der Waals surface area contributed by atoms with E-state index in [0.29, 0.717) is 0 Å². The van der Waals surface area contributed by atoms with Crippen molar-refractivity contribution in [1.29, 1.82) is 0 Å². The number of Topliss-reactive ketones (excluding diaryl/α,β-unsaturated/α-hetero) is 1. The summed E-state index contributed by atoms with van der Waals surface area (Å²) in [4.78, 5) is 33.5. The van der Waals surface area contributed by atoms with Crippen LogP contribution in [-0.4, -0.2) is 71.5 Å². The number of aromatic nitrogens is 2. The lowest BCUT2D eigenvalue weighted by Gasteiger charge is -2.31. The molecule has 0 radical (unpaired) electrons. The van der Waals surface area contributed by atoms with Crippen molar-refractivity contribution in [3.63, 3.8) is 0 Å². The maximum absolute atomic E-state index is 11.5. The molecule has 7 nitrogen and oxygen atoms in total. The second-order valence-electron chi connectivity index (χ2n) is 4.25. The summed E-state index contributed by atoms with van der Waals surface area (Å²) in [6.45, 7) is 3.68. The Hall–Kier alpha value is -1.73. The quantitative estimate of drug-likeness (QED) is 0.435. The fraction of sp³-hybridized carbons (Fsp3) is 0.545. The minimum absolute atomic E-state index is 0.0124. The van der Waals surface area contributed by atoms with E-state index in [2.05, 4.69) is 14.9 Å². The van der Waals surface area contributed by atoms with Gasteiger partial charge in [0.25, 0.3) is 0 Å². The summed E-state index contributed by atoms with van der Waals surface area (Å²) in [6, 6.07) is 0. The average molecular weight is 252 g/mol.